The summed E-state index contributed by atoms with van der Waals surface area (Å²) >= 11 is 0. The molecule has 29 heavy (non-hydrogen) atoms. The van der Waals surface area contributed by atoms with Crippen molar-refractivity contribution >= 4 is 11.9 Å². The molecular weight excluding hydrogens is 382 g/mol. The molecule has 0 saturated heterocycles. The maximum Gasteiger partial charge on any atom is 0.305 e. The summed E-state index contributed by atoms with van der Waals surface area (Å²) in [5, 5.41) is 11.7. The van der Waals surface area contributed by atoms with Crippen LogP contribution in [0.1, 0.15) is 51.4 Å². The van der Waals surface area contributed by atoms with Crippen LogP contribution in [0.3, 0.4) is 0 Å². The number of hydrogen-bond donors (Lipinski definition) is 2. The molecule has 1 atom stereocenters. The Kier molecular flexibility index (Phi) is 11.9. The number of unbranched alkanes of at least 4 members (excludes halogenated alkanes) is 5. The number of carbonyl (C=O) groups is 2. The van der Waals surface area contributed by atoms with Crippen molar-refractivity contribution in [3.63, 3.8) is 0 Å². The zero-order chi connectivity index (χ0) is 21.6. The minimum absolute atomic E-state index is 0.0629. The van der Waals surface area contributed by atoms with Gasteiger partial charge in [-0.1, -0.05) is 25.7 Å². The van der Waals surface area contributed by atoms with Gasteiger partial charge in [0, 0.05) is 19.0 Å². The fourth-order valence-electron chi connectivity index (χ4n) is 2.98. The topological polar surface area (TPSA) is 78.9 Å². The van der Waals surface area contributed by atoms with E-state index in [1.165, 1.54) is 12.1 Å². The van der Waals surface area contributed by atoms with Gasteiger partial charge in [0.15, 0.2) is 11.6 Å². The van der Waals surface area contributed by atoms with Crippen LogP contribution in [0, 0.1) is 11.6 Å². The van der Waals surface area contributed by atoms with Crippen LogP contribution >= 0.6 is 0 Å². The van der Waals surface area contributed by atoms with Gasteiger partial charge in [0.1, 0.15) is 5.82 Å². The molecule has 1 aromatic carbocycles. The molecule has 0 fully saturated rings. The van der Waals surface area contributed by atoms with Gasteiger partial charge in [-0.3, -0.25) is 9.59 Å². The van der Waals surface area contributed by atoms with Crippen molar-refractivity contribution in [1.29, 1.82) is 0 Å². The van der Waals surface area contributed by atoms with E-state index in [1.807, 2.05) is 19.0 Å². The van der Waals surface area contributed by atoms with Crippen LogP contribution in [-0.4, -0.2) is 55.2 Å². The number of ether oxygens (including phenoxy) is 1. The van der Waals surface area contributed by atoms with E-state index in [-0.39, 0.29) is 24.1 Å². The van der Waals surface area contributed by atoms with Gasteiger partial charge in [0.25, 0.3) is 0 Å². The molecule has 0 radical (unpaired) electrons. The van der Waals surface area contributed by atoms with E-state index in [1.54, 1.807) is 0 Å². The van der Waals surface area contributed by atoms with E-state index in [0.717, 1.165) is 44.6 Å². The van der Waals surface area contributed by atoms with Crippen molar-refractivity contribution in [2.24, 2.45) is 0 Å². The van der Waals surface area contributed by atoms with E-state index in [9.17, 15) is 18.4 Å². The number of carboxylic acid groups (broad SMARTS) is 1. The molecule has 0 spiro atoms. The number of benzene rings is 1. The van der Waals surface area contributed by atoms with E-state index in [4.69, 9.17) is 9.84 Å². The number of hydrogen-bond acceptors (Lipinski definition) is 4. The Balaban J connectivity index is 2.06. The summed E-state index contributed by atoms with van der Waals surface area (Å²) in [5.41, 5.74) is 0. The normalized spacial score (nSPS) is 12.0. The second kappa shape index (κ2) is 13.9. The van der Waals surface area contributed by atoms with Crippen molar-refractivity contribution < 1.29 is 28.2 Å². The lowest BCUT2D eigenvalue weighted by molar-refractivity contribution is -0.137. The number of halogens is 2. The lowest BCUT2D eigenvalue weighted by Crippen LogP contribution is -2.42. The Morgan fingerprint density at radius 3 is 2.38 bits per heavy atom. The van der Waals surface area contributed by atoms with Gasteiger partial charge >= 0.3 is 5.97 Å². The van der Waals surface area contributed by atoms with Crippen LogP contribution in [-0.2, 0) is 9.59 Å². The van der Waals surface area contributed by atoms with Gasteiger partial charge < -0.3 is 20.1 Å². The van der Waals surface area contributed by atoms with E-state index >= 15 is 0 Å². The Bertz CT molecular complexity index is 641. The van der Waals surface area contributed by atoms with Gasteiger partial charge in [-0.2, -0.15) is 0 Å². The number of aliphatic carboxylic acids is 1. The van der Waals surface area contributed by atoms with E-state index in [0.29, 0.717) is 19.6 Å². The standard InChI is InChI=1S/C21H32F2N2O4/c1-25(2)15-17(14-21(27)28)24-20(26)9-7-5-3-4-6-8-12-29-19-11-10-16(22)13-18(19)23/h10-11,13,17H,3-9,12,14-15H2,1-2H3,(H,24,26)(H,27,28)/t17-/m1/s1. The molecule has 0 unspecified atom stereocenters. The summed E-state index contributed by atoms with van der Waals surface area (Å²) in [7, 11) is 3.67. The third kappa shape index (κ3) is 12.1. The van der Waals surface area contributed by atoms with Gasteiger partial charge in [-0.05, 0) is 39.1 Å². The van der Waals surface area contributed by atoms with E-state index < -0.39 is 17.6 Å². The molecule has 0 aliphatic rings. The highest BCUT2D eigenvalue weighted by atomic mass is 19.1. The van der Waals surface area contributed by atoms with Crippen LogP contribution in [0.15, 0.2) is 18.2 Å². The fourth-order valence-corrected chi connectivity index (χ4v) is 2.98. The first-order valence-electron chi connectivity index (χ1n) is 10.0. The van der Waals surface area contributed by atoms with Gasteiger partial charge in [0.05, 0.1) is 19.1 Å². The summed E-state index contributed by atoms with van der Waals surface area (Å²) in [6.07, 6.45) is 5.64. The molecule has 1 amide bonds. The summed E-state index contributed by atoms with van der Waals surface area (Å²) in [5.74, 6) is -2.30. The van der Waals surface area contributed by atoms with Crippen LogP contribution in [0.2, 0.25) is 0 Å². The van der Waals surface area contributed by atoms with Crippen molar-refractivity contribution in [2.75, 3.05) is 27.2 Å². The number of carboxylic acids is 1. The largest absolute Gasteiger partial charge is 0.491 e. The second-order valence-electron chi connectivity index (χ2n) is 7.42. The maximum absolute atomic E-state index is 13.4. The average Bonchev–Trinajstić information content (AvgIpc) is 2.60. The average molecular weight is 414 g/mol. The predicted molar refractivity (Wildman–Crippen MR) is 107 cm³/mol. The molecule has 0 aliphatic carbocycles. The van der Waals surface area contributed by atoms with Crippen molar-refractivity contribution in [3.05, 3.63) is 29.8 Å². The Morgan fingerprint density at radius 1 is 1.10 bits per heavy atom. The quantitative estimate of drug-likeness (QED) is 0.429. The second-order valence-corrected chi connectivity index (χ2v) is 7.42. The summed E-state index contributed by atoms with van der Waals surface area (Å²) < 4.78 is 31.5. The minimum Gasteiger partial charge on any atom is -0.491 e. The fraction of sp³-hybridized carbons (Fsp3) is 0.619. The Hall–Kier alpha value is -2.22. The van der Waals surface area contributed by atoms with Crippen LogP contribution in [0.4, 0.5) is 8.78 Å². The molecule has 2 N–H and O–H groups in total. The molecule has 0 heterocycles. The molecule has 1 aromatic rings. The molecule has 6 nitrogen and oxygen atoms in total. The number of rotatable bonds is 15. The monoisotopic (exact) mass is 414 g/mol. The Labute approximate surface area is 171 Å². The lowest BCUT2D eigenvalue weighted by Gasteiger charge is -2.20. The van der Waals surface area contributed by atoms with Gasteiger partial charge in [-0.15, -0.1) is 0 Å². The number of likely N-dealkylation sites (N-methyl/N-ethyl adjacent to an activating group) is 1. The first-order valence-corrected chi connectivity index (χ1v) is 10.0. The maximum atomic E-state index is 13.4. The summed E-state index contributed by atoms with van der Waals surface area (Å²) in [6.45, 7) is 0.865. The highest BCUT2D eigenvalue weighted by Gasteiger charge is 2.16. The number of amides is 1. The number of nitrogens with zero attached hydrogens (tertiary/aromatic N) is 1. The molecule has 164 valence electrons. The third-order valence-corrected chi connectivity index (χ3v) is 4.32. The van der Waals surface area contributed by atoms with Gasteiger partial charge in [-0.25, -0.2) is 8.78 Å². The molecule has 0 saturated carbocycles. The van der Waals surface area contributed by atoms with Crippen molar-refractivity contribution in [1.82, 2.24) is 10.2 Å². The summed E-state index contributed by atoms with van der Waals surface area (Å²) in [6, 6.07) is 2.87. The molecule has 1 rings (SSSR count). The summed E-state index contributed by atoms with van der Waals surface area (Å²) in [4.78, 5) is 24.7. The SMILES string of the molecule is CN(C)C[C@@H](CC(=O)O)NC(=O)CCCCCCCCOc1ccc(F)cc1F. The third-order valence-electron chi connectivity index (χ3n) is 4.32. The minimum atomic E-state index is -0.928. The smallest absolute Gasteiger partial charge is 0.305 e. The molecule has 0 aromatic heterocycles. The van der Waals surface area contributed by atoms with Gasteiger partial charge in [0.2, 0.25) is 5.91 Å². The molecule has 8 heteroatoms. The Morgan fingerprint density at radius 2 is 1.76 bits per heavy atom. The predicted octanol–water partition coefficient (Wildman–Crippen LogP) is 3.60. The highest BCUT2D eigenvalue weighted by molar-refractivity contribution is 5.77. The zero-order valence-corrected chi connectivity index (χ0v) is 17.3. The van der Waals surface area contributed by atoms with Crippen LogP contribution < -0.4 is 10.1 Å². The van der Waals surface area contributed by atoms with Crippen molar-refractivity contribution in [2.45, 2.75) is 57.4 Å². The van der Waals surface area contributed by atoms with E-state index in [2.05, 4.69) is 5.32 Å². The first-order chi connectivity index (χ1) is 13.8. The molecule has 0 aliphatic heterocycles. The highest BCUT2D eigenvalue weighted by Crippen LogP contribution is 2.18. The number of carbonyl (C=O) groups excluding carboxylic acids is 1. The zero-order valence-electron chi connectivity index (χ0n) is 17.3. The molecular formula is C21H32F2N2O4. The van der Waals surface area contributed by atoms with Crippen LogP contribution in [0.25, 0.3) is 0 Å². The first kappa shape index (κ1) is 24.8. The van der Waals surface area contributed by atoms with Crippen molar-refractivity contribution in [3.8, 4) is 5.75 Å². The number of nitrogens with one attached hydrogen (secondary N) is 1. The molecule has 0 bridgehead atoms. The lowest BCUT2D eigenvalue weighted by atomic mass is 10.1. The van der Waals surface area contributed by atoms with Crippen LogP contribution in [0.5, 0.6) is 5.75 Å².